The molecule has 0 N–H and O–H groups in total. The Labute approximate surface area is 380 Å². The quantitative estimate of drug-likeness (QED) is 0.0905. The number of anilines is 6. The normalized spacial score (nSPS) is 12.3. The summed E-state index contributed by atoms with van der Waals surface area (Å²) < 4.78 is 256. The molecule has 8 aromatic carbocycles. The van der Waals surface area contributed by atoms with Crippen molar-refractivity contribution in [1.82, 2.24) is 0 Å². The van der Waals surface area contributed by atoms with Crippen LogP contribution >= 0.6 is 0 Å². The number of hydrogen-bond donors (Lipinski definition) is 0. The third-order valence-corrected chi connectivity index (χ3v) is 11.5. The summed E-state index contributed by atoms with van der Waals surface area (Å²) in [6.45, 7) is 0. The number of alkyl halides is 6. The summed E-state index contributed by atoms with van der Waals surface area (Å²) >= 11 is 0. The van der Waals surface area contributed by atoms with Gasteiger partial charge in [-0.3, -0.25) is 0 Å². The minimum absolute atomic E-state index is 0.0757. The number of halogens is 16. The molecule has 0 radical (unpaired) electrons. The molecule has 0 aliphatic carbocycles. The maximum Gasteiger partial charge on any atom is 0.417 e. The highest BCUT2D eigenvalue weighted by Crippen LogP contribution is 2.52. The SMILES string of the molecule is Fc1c(F)c(F)c(N(c2ccc(-c3ccc(N(c4c(F)c(F)c(F)c(F)c4F)c4cccc5c4oc4ccccc45)cc3C(F)(F)F)c(C(F)(F)F)c2)c2cccc3c2oc2ccccc23)c(F)c1F. The summed E-state index contributed by atoms with van der Waals surface area (Å²) in [4.78, 5) is 0.405. The van der Waals surface area contributed by atoms with Crippen LogP contribution in [0.3, 0.4) is 0 Å². The smallest absolute Gasteiger partial charge is 0.417 e. The average molecular weight is 985 g/mol. The van der Waals surface area contributed by atoms with Crippen molar-refractivity contribution in [3.63, 3.8) is 0 Å². The van der Waals surface area contributed by atoms with E-state index >= 15 is 43.9 Å². The van der Waals surface area contributed by atoms with Crippen molar-refractivity contribution in [3.8, 4) is 11.1 Å². The molecule has 0 spiro atoms. The van der Waals surface area contributed by atoms with Crippen LogP contribution in [0.2, 0.25) is 0 Å². The fraction of sp³-hybridized carbons (Fsp3) is 0.0400. The van der Waals surface area contributed by atoms with Gasteiger partial charge in [-0.25, -0.2) is 43.9 Å². The first-order chi connectivity index (χ1) is 33.2. The van der Waals surface area contributed by atoms with Crippen LogP contribution in [-0.4, -0.2) is 0 Å². The van der Waals surface area contributed by atoms with Crippen molar-refractivity contribution in [3.05, 3.63) is 191 Å². The molecule has 0 atom stereocenters. The van der Waals surface area contributed by atoms with Crippen molar-refractivity contribution in [1.29, 1.82) is 0 Å². The Hall–Kier alpha value is -8.16. The van der Waals surface area contributed by atoms with Gasteiger partial charge < -0.3 is 18.6 Å². The fourth-order valence-corrected chi connectivity index (χ4v) is 8.45. The number of hydrogen-bond acceptors (Lipinski definition) is 4. The Morgan fingerprint density at radius 1 is 0.329 bits per heavy atom. The molecule has 0 amide bonds. The molecule has 10 aromatic rings. The Balaban J connectivity index is 1.23. The summed E-state index contributed by atoms with van der Waals surface area (Å²) in [5, 5.41) is 1.00. The molecular weight excluding hydrogens is 965 g/mol. The average Bonchev–Trinajstić information content (AvgIpc) is 3.92. The first-order valence-corrected chi connectivity index (χ1v) is 20.1. The molecule has 20 heteroatoms. The van der Waals surface area contributed by atoms with Crippen LogP contribution in [0.25, 0.3) is 55.0 Å². The lowest BCUT2D eigenvalue weighted by atomic mass is 9.93. The van der Waals surface area contributed by atoms with Gasteiger partial charge in [0.1, 0.15) is 22.5 Å². The Kier molecular flexibility index (Phi) is 10.6. The van der Waals surface area contributed by atoms with E-state index in [0.29, 0.717) is 35.0 Å². The number of para-hydroxylation sites is 4. The lowest BCUT2D eigenvalue weighted by molar-refractivity contribution is -0.139. The van der Waals surface area contributed by atoms with Crippen LogP contribution in [0.4, 0.5) is 104 Å². The molecule has 70 heavy (non-hydrogen) atoms. The summed E-state index contributed by atoms with van der Waals surface area (Å²) in [7, 11) is 0. The van der Waals surface area contributed by atoms with Gasteiger partial charge in [0.25, 0.3) is 0 Å². The zero-order valence-electron chi connectivity index (χ0n) is 34.3. The van der Waals surface area contributed by atoms with Crippen LogP contribution in [0.1, 0.15) is 11.1 Å². The monoisotopic (exact) mass is 984 g/mol. The minimum atomic E-state index is -5.70. The number of furan rings is 2. The molecule has 0 bridgehead atoms. The zero-order chi connectivity index (χ0) is 49.9. The highest BCUT2D eigenvalue weighted by molar-refractivity contribution is 6.11. The number of nitrogens with zero attached hydrogens (tertiary/aromatic N) is 2. The molecular formula is C50H20F16N2O2. The van der Waals surface area contributed by atoms with Gasteiger partial charge in [-0.1, -0.05) is 72.8 Å². The molecule has 0 fully saturated rings. The third kappa shape index (κ3) is 7.02. The van der Waals surface area contributed by atoms with Crippen molar-refractivity contribution < 1.29 is 79.1 Å². The van der Waals surface area contributed by atoms with Crippen LogP contribution in [-0.2, 0) is 12.4 Å². The predicted octanol–water partition coefficient (Wildman–Crippen LogP) is 17.5. The molecule has 10 rings (SSSR count). The van der Waals surface area contributed by atoms with Gasteiger partial charge in [-0.05, 0) is 59.7 Å². The van der Waals surface area contributed by atoms with E-state index < -0.39 is 127 Å². The first kappa shape index (κ1) is 45.6. The second-order valence-corrected chi connectivity index (χ2v) is 15.5. The van der Waals surface area contributed by atoms with Gasteiger partial charge in [0, 0.05) is 32.9 Å². The van der Waals surface area contributed by atoms with Gasteiger partial charge in [-0.15, -0.1) is 0 Å². The maximum absolute atomic E-state index is 15.8. The molecule has 0 aliphatic heterocycles. The third-order valence-electron chi connectivity index (χ3n) is 11.5. The topological polar surface area (TPSA) is 32.8 Å². The number of fused-ring (bicyclic) bond motifs is 6. The van der Waals surface area contributed by atoms with E-state index in [4.69, 9.17) is 8.83 Å². The van der Waals surface area contributed by atoms with E-state index in [1.807, 2.05) is 0 Å². The highest BCUT2D eigenvalue weighted by atomic mass is 19.4. The lowest BCUT2D eigenvalue weighted by Gasteiger charge is -2.29. The zero-order valence-corrected chi connectivity index (χ0v) is 34.3. The van der Waals surface area contributed by atoms with Crippen LogP contribution in [0, 0.1) is 58.2 Å². The van der Waals surface area contributed by atoms with Crippen LogP contribution < -0.4 is 9.80 Å². The molecule has 2 aromatic heterocycles. The largest absolute Gasteiger partial charge is 0.454 e. The second-order valence-electron chi connectivity index (χ2n) is 15.5. The van der Waals surface area contributed by atoms with Gasteiger partial charge in [0.15, 0.2) is 57.7 Å². The van der Waals surface area contributed by atoms with Crippen LogP contribution in [0.15, 0.2) is 130 Å². The Bertz CT molecular complexity index is 3500. The Morgan fingerprint density at radius 2 is 0.643 bits per heavy atom. The predicted molar refractivity (Wildman–Crippen MR) is 225 cm³/mol. The summed E-state index contributed by atoms with van der Waals surface area (Å²) in [6, 6.07) is 21.5. The number of rotatable bonds is 7. The highest BCUT2D eigenvalue weighted by Gasteiger charge is 2.42. The summed E-state index contributed by atoms with van der Waals surface area (Å²) in [5.74, 6) is -25.3. The molecule has 2 heterocycles. The van der Waals surface area contributed by atoms with E-state index in [0.717, 1.165) is 12.1 Å². The van der Waals surface area contributed by atoms with Gasteiger partial charge >= 0.3 is 12.4 Å². The summed E-state index contributed by atoms with van der Waals surface area (Å²) in [6.07, 6.45) is -11.4. The van der Waals surface area contributed by atoms with Crippen molar-refractivity contribution in [2.75, 3.05) is 9.80 Å². The molecule has 354 valence electrons. The fourth-order valence-electron chi connectivity index (χ4n) is 8.45. The van der Waals surface area contributed by atoms with Crippen molar-refractivity contribution in [2.24, 2.45) is 0 Å². The van der Waals surface area contributed by atoms with Gasteiger partial charge in [-0.2, -0.15) is 26.3 Å². The maximum atomic E-state index is 15.8. The standard InChI is InChI=1S/C50H20F16N2O2/c51-35-37(53)41(57)45(42(58)38(35)54)67(31-11-5-9-27-25-7-1-3-13-33(25)69-47(27)31)21-15-17-23(29(19-21)49(61,62)63)24-18-16-22(20-30(24)50(64,65)66)68(46-43(59)39(55)36(52)40(56)44(46)60)32-12-6-10-28-26-8-2-4-14-34(26)70-48(28)32/h1-20H. The van der Waals surface area contributed by atoms with E-state index in [9.17, 15) is 26.3 Å². The van der Waals surface area contributed by atoms with E-state index in [2.05, 4.69) is 0 Å². The van der Waals surface area contributed by atoms with E-state index in [-0.39, 0.29) is 55.0 Å². The summed E-state index contributed by atoms with van der Waals surface area (Å²) in [5.41, 5.74) is -13.9. The Morgan fingerprint density at radius 3 is 0.986 bits per heavy atom. The van der Waals surface area contributed by atoms with Gasteiger partial charge in [0.2, 0.25) is 11.6 Å². The molecule has 0 saturated heterocycles. The second kappa shape index (κ2) is 16.2. The lowest BCUT2D eigenvalue weighted by Crippen LogP contribution is -2.19. The van der Waals surface area contributed by atoms with Crippen molar-refractivity contribution >= 4 is 78.0 Å². The van der Waals surface area contributed by atoms with Crippen LogP contribution in [0.5, 0.6) is 0 Å². The molecule has 0 saturated carbocycles. The first-order valence-electron chi connectivity index (χ1n) is 20.1. The van der Waals surface area contributed by atoms with E-state index in [1.54, 1.807) is 12.1 Å². The molecule has 0 unspecified atom stereocenters. The van der Waals surface area contributed by atoms with E-state index in [1.165, 1.54) is 60.7 Å². The van der Waals surface area contributed by atoms with Gasteiger partial charge in [0.05, 0.1) is 22.5 Å². The molecule has 0 aliphatic rings. The minimum Gasteiger partial charge on any atom is -0.454 e. The van der Waals surface area contributed by atoms with Crippen molar-refractivity contribution in [2.45, 2.75) is 12.4 Å². The molecule has 4 nitrogen and oxygen atoms in total. The number of benzene rings is 8.